The molecule has 0 rings (SSSR count). The summed E-state index contributed by atoms with van der Waals surface area (Å²) in [4.78, 5) is 20.1. The number of nitrogens with zero attached hydrogens (tertiary/aromatic N) is 1. The lowest BCUT2D eigenvalue weighted by molar-refractivity contribution is 0.157. The van der Waals surface area contributed by atoms with Crippen LogP contribution in [0.15, 0.2) is 0 Å². The Hall–Kier alpha value is 0.0300. The van der Waals surface area contributed by atoms with Gasteiger partial charge in [-0.3, -0.25) is 4.52 Å². The molecule has 0 heterocycles. The molecule has 0 aromatic rings. The lowest BCUT2D eigenvalue weighted by Gasteiger charge is -2.20. The van der Waals surface area contributed by atoms with Crippen LogP contribution in [0.4, 0.5) is 0 Å². The summed E-state index contributed by atoms with van der Waals surface area (Å²) in [6.45, 7) is 12.5. The Bertz CT molecular complexity index is 423. The van der Waals surface area contributed by atoms with Gasteiger partial charge in [-0.1, -0.05) is 118 Å². The molecule has 0 atom stereocenters. The standard InChI is InChI=1S/C18H39O4P.C10H23NO/c1-3-5-7-9-11-13-15-18(17-22-23(19,20)21)16-14-12-10-8-6-4-2;1-3-5-7-11(9-10-12)8-6-4-2/h18H,3-17H2,1-2H3,(H2,19,20,21);12H,3-10H2,1-2H3. The Balaban J connectivity index is 0. The number of hydrogen-bond donors (Lipinski definition) is 3. The minimum atomic E-state index is -4.33. The van der Waals surface area contributed by atoms with Gasteiger partial charge in [-0.05, 0) is 44.7 Å². The van der Waals surface area contributed by atoms with Crippen LogP contribution < -0.4 is 0 Å². The maximum atomic E-state index is 10.9. The summed E-state index contributed by atoms with van der Waals surface area (Å²) in [5, 5.41) is 8.79. The Kier molecular flexibility index (Phi) is 30.4. The van der Waals surface area contributed by atoms with Crippen molar-refractivity contribution < 1.29 is 24.0 Å². The first-order valence-electron chi connectivity index (χ1n) is 14.9. The van der Waals surface area contributed by atoms with E-state index >= 15 is 0 Å². The SMILES string of the molecule is CCCCCCCCC(CCCCCCCC)COP(=O)(O)O.CCCCN(CCO)CCCC. The molecule has 0 unspecified atom stereocenters. The number of unbranched alkanes of at least 4 members (excludes halogenated alkanes) is 12. The average Bonchev–Trinajstić information content (AvgIpc) is 2.83. The quantitative estimate of drug-likeness (QED) is 0.0827. The van der Waals surface area contributed by atoms with Crippen molar-refractivity contribution in [3.8, 4) is 0 Å². The fraction of sp³-hybridized carbons (Fsp3) is 1.00. The second-order valence-corrected chi connectivity index (χ2v) is 11.3. The third-order valence-corrected chi connectivity index (χ3v) is 6.97. The molecule has 7 heteroatoms. The van der Waals surface area contributed by atoms with Crippen molar-refractivity contribution >= 4 is 7.82 Å². The van der Waals surface area contributed by atoms with E-state index in [0.717, 1.165) is 45.3 Å². The van der Waals surface area contributed by atoms with Crippen LogP contribution in [0.1, 0.15) is 143 Å². The molecule has 3 N–H and O–H groups in total. The van der Waals surface area contributed by atoms with Gasteiger partial charge in [-0.2, -0.15) is 0 Å². The largest absolute Gasteiger partial charge is 0.469 e. The molecule has 0 spiro atoms. The fourth-order valence-electron chi connectivity index (χ4n) is 4.18. The Morgan fingerprint density at radius 1 is 0.629 bits per heavy atom. The van der Waals surface area contributed by atoms with Gasteiger partial charge in [0.25, 0.3) is 0 Å². The summed E-state index contributed by atoms with van der Waals surface area (Å²) >= 11 is 0. The first kappa shape index (κ1) is 37.2. The zero-order chi connectivity index (χ0) is 26.6. The molecule has 0 aliphatic carbocycles. The number of aliphatic hydroxyl groups is 1. The maximum absolute atomic E-state index is 10.9. The van der Waals surface area contributed by atoms with Crippen LogP contribution in [0.5, 0.6) is 0 Å². The molecule has 0 aromatic heterocycles. The lowest BCUT2D eigenvalue weighted by Crippen LogP contribution is -2.28. The minimum absolute atomic E-state index is 0.203. The monoisotopic (exact) mass is 523 g/mol. The van der Waals surface area contributed by atoms with Crippen molar-refractivity contribution in [1.82, 2.24) is 4.90 Å². The van der Waals surface area contributed by atoms with Gasteiger partial charge in [0.2, 0.25) is 0 Å². The molecule has 0 saturated heterocycles. The lowest BCUT2D eigenvalue weighted by atomic mass is 9.95. The van der Waals surface area contributed by atoms with Crippen LogP contribution in [0.3, 0.4) is 0 Å². The van der Waals surface area contributed by atoms with Gasteiger partial charge < -0.3 is 19.8 Å². The molecule has 0 radical (unpaired) electrons. The van der Waals surface area contributed by atoms with E-state index in [-0.39, 0.29) is 6.61 Å². The van der Waals surface area contributed by atoms with E-state index in [9.17, 15) is 4.57 Å². The van der Waals surface area contributed by atoms with Crippen LogP contribution in [0.2, 0.25) is 0 Å². The highest BCUT2D eigenvalue weighted by Crippen LogP contribution is 2.37. The van der Waals surface area contributed by atoms with E-state index in [0.29, 0.717) is 12.5 Å². The predicted octanol–water partition coefficient (Wildman–Crippen LogP) is 8.09. The molecule has 0 fully saturated rings. The predicted molar refractivity (Wildman–Crippen MR) is 151 cm³/mol. The molecule has 0 amide bonds. The first-order chi connectivity index (χ1) is 16.8. The molecule has 214 valence electrons. The van der Waals surface area contributed by atoms with Crippen LogP contribution in [-0.2, 0) is 9.09 Å². The third-order valence-electron chi connectivity index (χ3n) is 6.48. The van der Waals surface area contributed by atoms with Gasteiger partial charge in [0.1, 0.15) is 0 Å². The summed E-state index contributed by atoms with van der Waals surface area (Å²) < 4.78 is 15.7. The highest BCUT2D eigenvalue weighted by molar-refractivity contribution is 7.46. The molecule has 6 nitrogen and oxygen atoms in total. The summed E-state index contributed by atoms with van der Waals surface area (Å²) in [5.41, 5.74) is 0. The molecule has 35 heavy (non-hydrogen) atoms. The average molecular weight is 524 g/mol. The zero-order valence-electron chi connectivity index (χ0n) is 23.9. The van der Waals surface area contributed by atoms with E-state index in [2.05, 4.69) is 32.6 Å². The van der Waals surface area contributed by atoms with Crippen molar-refractivity contribution in [2.24, 2.45) is 5.92 Å². The van der Waals surface area contributed by atoms with Gasteiger partial charge in [0, 0.05) is 6.54 Å². The smallest absolute Gasteiger partial charge is 0.395 e. The molecule has 0 bridgehead atoms. The Morgan fingerprint density at radius 2 is 1.03 bits per heavy atom. The van der Waals surface area contributed by atoms with E-state index in [1.165, 1.54) is 89.9 Å². The molecule has 0 saturated carbocycles. The van der Waals surface area contributed by atoms with Gasteiger partial charge in [0.15, 0.2) is 0 Å². The number of phosphoric acid groups is 1. The molecule has 0 aromatic carbocycles. The van der Waals surface area contributed by atoms with E-state index < -0.39 is 7.82 Å². The number of hydrogen-bond acceptors (Lipinski definition) is 4. The van der Waals surface area contributed by atoms with E-state index in [1.54, 1.807) is 0 Å². The van der Waals surface area contributed by atoms with Crippen molar-refractivity contribution in [1.29, 1.82) is 0 Å². The molecule has 0 aliphatic rings. The van der Waals surface area contributed by atoms with Crippen LogP contribution >= 0.6 is 7.82 Å². The van der Waals surface area contributed by atoms with Gasteiger partial charge >= 0.3 is 7.82 Å². The van der Waals surface area contributed by atoms with Crippen molar-refractivity contribution in [3.63, 3.8) is 0 Å². The Morgan fingerprint density at radius 3 is 1.40 bits per heavy atom. The Labute approximate surface area is 218 Å². The number of rotatable bonds is 25. The van der Waals surface area contributed by atoms with Crippen LogP contribution in [0, 0.1) is 5.92 Å². The van der Waals surface area contributed by atoms with Gasteiger partial charge in [0.05, 0.1) is 13.2 Å². The van der Waals surface area contributed by atoms with Crippen LogP contribution in [-0.4, -0.2) is 52.6 Å². The van der Waals surface area contributed by atoms with Gasteiger partial charge in [-0.15, -0.1) is 0 Å². The molecular weight excluding hydrogens is 461 g/mol. The summed E-state index contributed by atoms with van der Waals surface area (Å²) in [6.07, 6.45) is 22.1. The summed E-state index contributed by atoms with van der Waals surface area (Å²) in [7, 11) is -4.33. The van der Waals surface area contributed by atoms with Crippen molar-refractivity contribution in [3.05, 3.63) is 0 Å². The zero-order valence-corrected chi connectivity index (χ0v) is 24.8. The summed E-state index contributed by atoms with van der Waals surface area (Å²) in [5.74, 6) is 0.292. The summed E-state index contributed by atoms with van der Waals surface area (Å²) in [6, 6.07) is 0. The topological polar surface area (TPSA) is 90.2 Å². The van der Waals surface area contributed by atoms with E-state index in [1.807, 2.05) is 0 Å². The first-order valence-corrected chi connectivity index (χ1v) is 16.4. The maximum Gasteiger partial charge on any atom is 0.469 e. The molecule has 0 aliphatic heterocycles. The van der Waals surface area contributed by atoms with E-state index in [4.69, 9.17) is 19.4 Å². The fourth-order valence-corrected chi connectivity index (χ4v) is 4.59. The van der Waals surface area contributed by atoms with Crippen molar-refractivity contribution in [2.45, 2.75) is 143 Å². The highest BCUT2D eigenvalue weighted by atomic mass is 31.2. The number of aliphatic hydroxyl groups excluding tert-OH is 1. The normalized spacial score (nSPS) is 11.8. The highest BCUT2D eigenvalue weighted by Gasteiger charge is 2.18. The molecular formula is C28H62NO5P. The second kappa shape index (κ2) is 28.6. The van der Waals surface area contributed by atoms with Crippen molar-refractivity contribution in [2.75, 3.05) is 32.8 Å². The van der Waals surface area contributed by atoms with Crippen LogP contribution in [0.25, 0.3) is 0 Å². The second-order valence-electron chi connectivity index (χ2n) is 10.0. The third kappa shape index (κ3) is 32.0. The minimum Gasteiger partial charge on any atom is -0.395 e. The van der Waals surface area contributed by atoms with Gasteiger partial charge in [-0.25, -0.2) is 4.57 Å². The number of phosphoric ester groups is 1.